The van der Waals surface area contributed by atoms with Crippen molar-refractivity contribution in [1.29, 1.82) is 0 Å². The highest BCUT2D eigenvalue weighted by atomic mass is 79.9. The van der Waals surface area contributed by atoms with Crippen molar-refractivity contribution in [3.63, 3.8) is 0 Å². The molecule has 0 aromatic heterocycles. The molecule has 1 heterocycles. The lowest BCUT2D eigenvalue weighted by Gasteiger charge is -2.13. The Morgan fingerprint density at radius 3 is 2.75 bits per heavy atom. The molecule has 1 aromatic carbocycles. The van der Waals surface area contributed by atoms with E-state index in [1.807, 2.05) is 6.07 Å². The van der Waals surface area contributed by atoms with Crippen LogP contribution in [0, 0.1) is 0 Å². The molecule has 0 radical (unpaired) electrons. The zero-order chi connectivity index (χ0) is 11.3. The van der Waals surface area contributed by atoms with Crippen molar-refractivity contribution in [3.8, 4) is 11.5 Å². The van der Waals surface area contributed by atoms with E-state index in [0.717, 1.165) is 10.0 Å². The Bertz CT molecular complexity index is 479. The molecule has 1 fully saturated rings. The van der Waals surface area contributed by atoms with Gasteiger partial charge >= 0.3 is 5.97 Å². The molecule has 1 aromatic rings. The van der Waals surface area contributed by atoms with Crippen molar-refractivity contribution in [1.82, 2.24) is 0 Å². The summed E-state index contributed by atoms with van der Waals surface area (Å²) >= 11 is 3.36. The summed E-state index contributed by atoms with van der Waals surface area (Å²) in [5.74, 6) is 0.420. The van der Waals surface area contributed by atoms with Gasteiger partial charge in [-0.1, -0.05) is 15.9 Å². The number of carboxylic acids is 1. The zero-order valence-electron chi connectivity index (χ0n) is 8.33. The standard InChI is InChI=1S/C11H9BrO4/c12-6-3-7(11(1-2-11)10(13)14)9-8(4-6)15-5-16-9/h3-4H,1-2,5H2,(H,13,14). The maximum Gasteiger partial charge on any atom is 0.314 e. The molecule has 5 heteroatoms. The highest BCUT2D eigenvalue weighted by molar-refractivity contribution is 9.10. The van der Waals surface area contributed by atoms with Crippen LogP contribution in [0.25, 0.3) is 0 Å². The molecule has 0 spiro atoms. The van der Waals surface area contributed by atoms with Crippen LogP contribution in [0.15, 0.2) is 16.6 Å². The number of benzene rings is 1. The largest absolute Gasteiger partial charge is 0.481 e. The molecular formula is C11H9BrO4. The summed E-state index contributed by atoms with van der Waals surface area (Å²) in [7, 11) is 0. The Hall–Kier alpha value is -1.23. The number of halogens is 1. The van der Waals surface area contributed by atoms with E-state index in [0.29, 0.717) is 24.3 Å². The van der Waals surface area contributed by atoms with Crippen LogP contribution in [0.4, 0.5) is 0 Å². The first-order valence-electron chi connectivity index (χ1n) is 4.96. The third-order valence-corrected chi connectivity index (χ3v) is 3.57. The van der Waals surface area contributed by atoms with Crippen LogP contribution in [0.1, 0.15) is 18.4 Å². The van der Waals surface area contributed by atoms with Gasteiger partial charge in [0.1, 0.15) is 0 Å². The van der Waals surface area contributed by atoms with Gasteiger partial charge in [-0.15, -0.1) is 0 Å². The minimum absolute atomic E-state index is 0.161. The molecule has 0 atom stereocenters. The monoisotopic (exact) mass is 284 g/mol. The molecule has 1 aliphatic heterocycles. The maximum atomic E-state index is 11.3. The second kappa shape index (κ2) is 3.13. The molecule has 84 valence electrons. The third kappa shape index (κ3) is 1.24. The fourth-order valence-corrected chi connectivity index (χ4v) is 2.49. The Morgan fingerprint density at radius 1 is 1.38 bits per heavy atom. The maximum absolute atomic E-state index is 11.3. The van der Waals surface area contributed by atoms with Crippen LogP contribution in [-0.4, -0.2) is 17.9 Å². The summed E-state index contributed by atoms with van der Waals surface area (Å²) in [5, 5.41) is 9.27. The fourth-order valence-electron chi connectivity index (χ4n) is 2.06. The van der Waals surface area contributed by atoms with Gasteiger partial charge in [0, 0.05) is 10.0 Å². The van der Waals surface area contributed by atoms with Crippen molar-refractivity contribution in [2.75, 3.05) is 6.79 Å². The van der Waals surface area contributed by atoms with E-state index in [-0.39, 0.29) is 6.79 Å². The Labute approximate surface area is 100 Å². The summed E-state index contributed by atoms with van der Waals surface area (Å²) in [5.41, 5.74) is -0.0384. The molecule has 1 aliphatic carbocycles. The van der Waals surface area contributed by atoms with Gasteiger partial charge in [0.2, 0.25) is 6.79 Å². The van der Waals surface area contributed by atoms with E-state index in [1.54, 1.807) is 6.07 Å². The van der Waals surface area contributed by atoms with Gasteiger partial charge in [-0.3, -0.25) is 4.79 Å². The average Bonchev–Trinajstić information content (AvgIpc) is 2.91. The minimum atomic E-state index is -0.789. The van der Waals surface area contributed by atoms with Crippen LogP contribution < -0.4 is 9.47 Å². The molecule has 1 saturated carbocycles. The lowest BCUT2D eigenvalue weighted by atomic mass is 9.95. The fraction of sp³-hybridized carbons (Fsp3) is 0.364. The van der Waals surface area contributed by atoms with Crippen molar-refractivity contribution in [2.24, 2.45) is 0 Å². The molecule has 2 aliphatic rings. The number of fused-ring (bicyclic) bond motifs is 1. The summed E-state index contributed by atoms with van der Waals surface area (Å²) in [4.78, 5) is 11.3. The predicted octanol–water partition coefficient (Wildman–Crippen LogP) is 2.29. The highest BCUT2D eigenvalue weighted by Gasteiger charge is 2.54. The smallest absolute Gasteiger partial charge is 0.314 e. The number of rotatable bonds is 2. The van der Waals surface area contributed by atoms with E-state index < -0.39 is 11.4 Å². The lowest BCUT2D eigenvalue weighted by molar-refractivity contribution is -0.140. The number of ether oxygens (including phenoxy) is 2. The van der Waals surface area contributed by atoms with Crippen molar-refractivity contribution in [2.45, 2.75) is 18.3 Å². The van der Waals surface area contributed by atoms with Gasteiger partial charge in [-0.2, -0.15) is 0 Å². The Kier molecular flexibility index (Phi) is 1.95. The van der Waals surface area contributed by atoms with Gasteiger partial charge in [0.15, 0.2) is 11.5 Å². The minimum Gasteiger partial charge on any atom is -0.481 e. The first-order chi connectivity index (χ1) is 7.63. The van der Waals surface area contributed by atoms with Crippen LogP contribution >= 0.6 is 15.9 Å². The second-order valence-corrected chi connectivity index (χ2v) is 4.99. The molecule has 1 N–H and O–H groups in total. The Morgan fingerprint density at radius 2 is 2.12 bits per heavy atom. The van der Waals surface area contributed by atoms with Crippen molar-refractivity contribution < 1.29 is 19.4 Å². The molecule has 0 saturated heterocycles. The summed E-state index contributed by atoms with van der Waals surface area (Å²) in [6.45, 7) is 0.161. The highest BCUT2D eigenvalue weighted by Crippen LogP contribution is 2.55. The van der Waals surface area contributed by atoms with Crippen LogP contribution in [0.5, 0.6) is 11.5 Å². The molecule has 0 unspecified atom stereocenters. The number of hydrogen-bond donors (Lipinski definition) is 1. The van der Waals surface area contributed by atoms with Gasteiger partial charge in [-0.05, 0) is 25.0 Å². The van der Waals surface area contributed by atoms with E-state index in [2.05, 4.69) is 15.9 Å². The van der Waals surface area contributed by atoms with Crippen molar-refractivity contribution >= 4 is 21.9 Å². The van der Waals surface area contributed by atoms with Crippen LogP contribution in [-0.2, 0) is 10.2 Å². The van der Waals surface area contributed by atoms with Gasteiger partial charge in [-0.25, -0.2) is 0 Å². The topological polar surface area (TPSA) is 55.8 Å². The summed E-state index contributed by atoms with van der Waals surface area (Å²) in [6, 6.07) is 3.61. The number of carbonyl (C=O) groups is 1. The van der Waals surface area contributed by atoms with Crippen LogP contribution in [0.2, 0.25) is 0 Å². The van der Waals surface area contributed by atoms with Gasteiger partial charge in [0.25, 0.3) is 0 Å². The number of aliphatic carboxylic acids is 1. The normalized spacial score (nSPS) is 19.6. The number of carboxylic acid groups (broad SMARTS) is 1. The number of hydrogen-bond acceptors (Lipinski definition) is 3. The van der Waals surface area contributed by atoms with E-state index in [1.165, 1.54) is 0 Å². The molecule has 0 amide bonds. The first-order valence-corrected chi connectivity index (χ1v) is 5.76. The predicted molar refractivity (Wildman–Crippen MR) is 58.8 cm³/mol. The molecular weight excluding hydrogens is 276 g/mol. The Balaban J connectivity index is 2.18. The lowest BCUT2D eigenvalue weighted by Crippen LogP contribution is -2.20. The average molecular weight is 285 g/mol. The van der Waals surface area contributed by atoms with Gasteiger partial charge < -0.3 is 14.6 Å². The zero-order valence-corrected chi connectivity index (χ0v) is 9.91. The molecule has 3 rings (SSSR count). The van der Waals surface area contributed by atoms with Gasteiger partial charge in [0.05, 0.1) is 5.41 Å². The van der Waals surface area contributed by atoms with E-state index in [4.69, 9.17) is 9.47 Å². The van der Waals surface area contributed by atoms with E-state index in [9.17, 15) is 9.90 Å². The SMILES string of the molecule is O=C(O)C1(c2cc(Br)cc3c2OCO3)CC1. The summed E-state index contributed by atoms with van der Waals surface area (Å²) in [6.07, 6.45) is 1.32. The molecule has 0 bridgehead atoms. The third-order valence-electron chi connectivity index (χ3n) is 3.11. The first kappa shape index (κ1) is 9.96. The second-order valence-electron chi connectivity index (χ2n) is 4.07. The molecule has 4 nitrogen and oxygen atoms in total. The molecule has 16 heavy (non-hydrogen) atoms. The van der Waals surface area contributed by atoms with Crippen molar-refractivity contribution in [3.05, 3.63) is 22.2 Å². The van der Waals surface area contributed by atoms with Crippen LogP contribution in [0.3, 0.4) is 0 Å². The van der Waals surface area contributed by atoms with E-state index >= 15 is 0 Å². The quantitative estimate of drug-likeness (QED) is 0.905. The summed E-state index contributed by atoms with van der Waals surface area (Å²) < 4.78 is 11.5.